The van der Waals surface area contributed by atoms with Gasteiger partial charge in [0.05, 0.1) is 11.6 Å². The molecule has 3 rings (SSSR count). The van der Waals surface area contributed by atoms with Crippen molar-refractivity contribution in [3.63, 3.8) is 0 Å². The van der Waals surface area contributed by atoms with Gasteiger partial charge in [-0.1, -0.05) is 30.5 Å². The number of hydrogen-bond acceptors (Lipinski definition) is 3. The van der Waals surface area contributed by atoms with Crippen LogP contribution < -0.4 is 5.48 Å². The Bertz CT molecular complexity index is 567. The van der Waals surface area contributed by atoms with E-state index in [9.17, 15) is 0 Å². The molecule has 1 aliphatic carbocycles. The third-order valence-electron chi connectivity index (χ3n) is 3.61. The molecule has 1 aromatic carbocycles. The van der Waals surface area contributed by atoms with Crippen LogP contribution in [-0.4, -0.2) is 11.1 Å². The molecule has 0 radical (unpaired) electrons. The third kappa shape index (κ3) is 2.89. The molecule has 1 aromatic heterocycles. The molecule has 19 heavy (non-hydrogen) atoms. The maximum atomic E-state index is 6.18. The van der Waals surface area contributed by atoms with Crippen LogP contribution in [0.15, 0.2) is 30.5 Å². The minimum atomic E-state index is 0.367. The summed E-state index contributed by atoms with van der Waals surface area (Å²) in [6.07, 6.45) is 7.03. The van der Waals surface area contributed by atoms with E-state index in [0.29, 0.717) is 12.6 Å². The van der Waals surface area contributed by atoms with Crippen molar-refractivity contribution in [1.82, 2.24) is 10.5 Å². The van der Waals surface area contributed by atoms with Crippen LogP contribution in [0.3, 0.4) is 0 Å². The SMILES string of the molecule is Clc1ccc(CNOC2CCCC2)c2ncccc12. The Morgan fingerprint density at radius 1 is 1.26 bits per heavy atom. The van der Waals surface area contributed by atoms with Crippen LogP contribution in [0, 0.1) is 0 Å². The first-order valence-electron chi connectivity index (χ1n) is 6.75. The lowest BCUT2D eigenvalue weighted by atomic mass is 10.1. The summed E-state index contributed by atoms with van der Waals surface area (Å²) in [6, 6.07) is 7.81. The fourth-order valence-electron chi connectivity index (χ4n) is 2.58. The zero-order valence-corrected chi connectivity index (χ0v) is 11.5. The van der Waals surface area contributed by atoms with Crippen molar-refractivity contribution >= 4 is 22.5 Å². The zero-order chi connectivity index (χ0) is 13.1. The largest absolute Gasteiger partial charge is 0.298 e. The van der Waals surface area contributed by atoms with Gasteiger partial charge in [-0.3, -0.25) is 9.82 Å². The lowest BCUT2D eigenvalue weighted by Crippen LogP contribution is -2.21. The number of benzene rings is 1. The number of nitrogens with zero attached hydrogens (tertiary/aromatic N) is 1. The molecule has 1 aliphatic rings. The first-order chi connectivity index (χ1) is 9.34. The summed E-state index contributed by atoms with van der Waals surface area (Å²) in [5.74, 6) is 0. The Hall–Kier alpha value is -1.16. The zero-order valence-electron chi connectivity index (χ0n) is 10.7. The van der Waals surface area contributed by atoms with Crippen molar-refractivity contribution in [2.24, 2.45) is 0 Å². The molecule has 1 fully saturated rings. The Kier molecular flexibility index (Phi) is 3.97. The highest BCUT2D eigenvalue weighted by Gasteiger charge is 2.15. The molecule has 0 aliphatic heterocycles. The average molecular weight is 277 g/mol. The minimum absolute atomic E-state index is 0.367. The smallest absolute Gasteiger partial charge is 0.0790 e. The number of hydroxylamine groups is 1. The van der Waals surface area contributed by atoms with Crippen LogP contribution in [-0.2, 0) is 11.4 Å². The summed E-state index contributed by atoms with van der Waals surface area (Å²) < 4.78 is 0. The topological polar surface area (TPSA) is 34.1 Å². The molecule has 1 heterocycles. The molecule has 0 unspecified atom stereocenters. The first-order valence-corrected chi connectivity index (χ1v) is 7.13. The fraction of sp³-hybridized carbons (Fsp3) is 0.400. The number of fused-ring (bicyclic) bond motifs is 1. The second-order valence-corrected chi connectivity index (χ2v) is 5.36. The molecule has 4 heteroatoms. The minimum Gasteiger partial charge on any atom is -0.298 e. The normalized spacial score (nSPS) is 16.3. The van der Waals surface area contributed by atoms with E-state index in [1.165, 1.54) is 12.8 Å². The van der Waals surface area contributed by atoms with E-state index in [2.05, 4.69) is 10.5 Å². The highest BCUT2D eigenvalue weighted by atomic mass is 35.5. The van der Waals surface area contributed by atoms with Gasteiger partial charge in [-0.15, -0.1) is 0 Å². The van der Waals surface area contributed by atoms with Crippen LogP contribution in [0.4, 0.5) is 0 Å². The summed E-state index contributed by atoms with van der Waals surface area (Å²) in [5.41, 5.74) is 5.12. The Morgan fingerprint density at radius 3 is 2.95 bits per heavy atom. The molecular weight excluding hydrogens is 260 g/mol. The Morgan fingerprint density at radius 2 is 2.11 bits per heavy atom. The highest BCUT2D eigenvalue weighted by molar-refractivity contribution is 6.35. The first kappa shape index (κ1) is 12.9. The van der Waals surface area contributed by atoms with Crippen LogP contribution in [0.1, 0.15) is 31.2 Å². The van der Waals surface area contributed by atoms with Gasteiger partial charge in [0.1, 0.15) is 0 Å². The molecule has 0 saturated heterocycles. The standard InChI is InChI=1S/C15H17ClN2O/c16-14-8-7-11(15-13(14)6-3-9-17-15)10-18-19-12-4-1-2-5-12/h3,6-9,12,18H,1-2,4-5,10H2. The maximum absolute atomic E-state index is 6.18. The van der Waals surface area contributed by atoms with Gasteiger partial charge in [-0.25, -0.2) is 0 Å². The van der Waals surface area contributed by atoms with Crippen LogP contribution in [0.25, 0.3) is 10.9 Å². The van der Waals surface area contributed by atoms with Gasteiger partial charge in [-0.05, 0) is 36.6 Å². The highest BCUT2D eigenvalue weighted by Crippen LogP contribution is 2.25. The summed E-state index contributed by atoms with van der Waals surface area (Å²) in [6.45, 7) is 0.654. The summed E-state index contributed by atoms with van der Waals surface area (Å²) in [5, 5.41) is 1.73. The van der Waals surface area contributed by atoms with Gasteiger partial charge in [0.25, 0.3) is 0 Å². The number of aromatic nitrogens is 1. The van der Waals surface area contributed by atoms with E-state index in [1.807, 2.05) is 24.3 Å². The van der Waals surface area contributed by atoms with Gasteiger partial charge < -0.3 is 0 Å². The van der Waals surface area contributed by atoms with Gasteiger partial charge in [0.15, 0.2) is 0 Å². The molecular formula is C15H17ClN2O. The molecule has 0 amide bonds. The molecule has 0 bridgehead atoms. The van der Waals surface area contributed by atoms with Gasteiger partial charge >= 0.3 is 0 Å². The van der Waals surface area contributed by atoms with Crippen molar-refractivity contribution in [1.29, 1.82) is 0 Å². The summed E-state index contributed by atoms with van der Waals surface area (Å²) in [7, 11) is 0. The predicted molar refractivity (Wildman–Crippen MR) is 76.9 cm³/mol. The maximum Gasteiger partial charge on any atom is 0.0790 e. The van der Waals surface area contributed by atoms with Crippen molar-refractivity contribution < 1.29 is 4.84 Å². The number of hydrogen-bond donors (Lipinski definition) is 1. The molecule has 100 valence electrons. The van der Waals surface area contributed by atoms with Crippen LogP contribution >= 0.6 is 11.6 Å². The Labute approximate surface area is 117 Å². The van der Waals surface area contributed by atoms with Crippen LogP contribution in [0.2, 0.25) is 5.02 Å². The van der Waals surface area contributed by atoms with Crippen molar-refractivity contribution in [3.05, 3.63) is 41.0 Å². The van der Waals surface area contributed by atoms with E-state index in [-0.39, 0.29) is 0 Å². The molecule has 1 N–H and O–H groups in total. The fourth-order valence-corrected chi connectivity index (χ4v) is 2.80. The molecule has 2 aromatic rings. The third-order valence-corrected chi connectivity index (χ3v) is 3.94. The van der Waals surface area contributed by atoms with E-state index >= 15 is 0 Å². The Balaban J connectivity index is 1.72. The van der Waals surface area contributed by atoms with Gasteiger partial charge in [-0.2, -0.15) is 5.48 Å². The van der Waals surface area contributed by atoms with Crippen molar-refractivity contribution in [3.8, 4) is 0 Å². The second kappa shape index (κ2) is 5.87. The van der Waals surface area contributed by atoms with E-state index in [0.717, 1.165) is 34.3 Å². The molecule has 1 saturated carbocycles. The molecule has 0 atom stereocenters. The lowest BCUT2D eigenvalue weighted by molar-refractivity contribution is -0.0242. The number of halogens is 1. The van der Waals surface area contributed by atoms with E-state index in [4.69, 9.17) is 16.4 Å². The molecule has 0 spiro atoms. The second-order valence-electron chi connectivity index (χ2n) is 4.95. The number of pyridine rings is 1. The van der Waals surface area contributed by atoms with Crippen LogP contribution in [0.5, 0.6) is 0 Å². The molecule has 3 nitrogen and oxygen atoms in total. The van der Waals surface area contributed by atoms with Gasteiger partial charge in [0.2, 0.25) is 0 Å². The summed E-state index contributed by atoms with van der Waals surface area (Å²) in [4.78, 5) is 10.1. The monoisotopic (exact) mass is 276 g/mol. The average Bonchev–Trinajstić information content (AvgIpc) is 2.95. The van der Waals surface area contributed by atoms with E-state index in [1.54, 1.807) is 6.20 Å². The van der Waals surface area contributed by atoms with Crippen molar-refractivity contribution in [2.45, 2.75) is 38.3 Å². The number of nitrogens with one attached hydrogen (secondary N) is 1. The predicted octanol–water partition coefficient (Wildman–Crippen LogP) is 3.85. The number of rotatable bonds is 4. The quantitative estimate of drug-likeness (QED) is 0.861. The van der Waals surface area contributed by atoms with E-state index < -0.39 is 0 Å². The van der Waals surface area contributed by atoms with Crippen molar-refractivity contribution in [2.75, 3.05) is 0 Å². The lowest BCUT2D eigenvalue weighted by Gasteiger charge is -2.12. The summed E-state index contributed by atoms with van der Waals surface area (Å²) >= 11 is 6.18. The van der Waals surface area contributed by atoms with Gasteiger partial charge in [0, 0.05) is 23.2 Å².